The topological polar surface area (TPSA) is 41.5 Å². The van der Waals surface area contributed by atoms with Gasteiger partial charge in [-0.05, 0) is 31.0 Å². The van der Waals surface area contributed by atoms with Crippen LogP contribution in [0, 0.1) is 19.8 Å². The van der Waals surface area contributed by atoms with Gasteiger partial charge in [0.15, 0.2) is 0 Å². The summed E-state index contributed by atoms with van der Waals surface area (Å²) >= 11 is 0. The number of aliphatic hydroxyl groups is 1. The molecule has 1 heterocycles. The first-order valence-corrected chi connectivity index (χ1v) is 10.7. The Balaban J connectivity index is 1.81. The molecule has 1 fully saturated rings. The number of ether oxygens (including phenoxy) is 1. The van der Waals surface area contributed by atoms with Crippen LogP contribution in [0.3, 0.4) is 0 Å². The van der Waals surface area contributed by atoms with E-state index in [0.29, 0.717) is 6.42 Å². The van der Waals surface area contributed by atoms with Crippen LogP contribution in [0.5, 0.6) is 5.75 Å². The Morgan fingerprint density at radius 2 is 1.43 bits per heavy atom. The molecule has 1 saturated heterocycles. The molecular formula is C27H31NO2. The van der Waals surface area contributed by atoms with E-state index in [0.717, 1.165) is 11.3 Å². The Labute approximate surface area is 179 Å². The van der Waals surface area contributed by atoms with Gasteiger partial charge in [-0.2, -0.15) is 0 Å². The van der Waals surface area contributed by atoms with E-state index in [-0.39, 0.29) is 18.0 Å². The number of hydrogen-bond donors (Lipinski definition) is 2. The fourth-order valence-corrected chi connectivity index (χ4v) is 4.72. The van der Waals surface area contributed by atoms with Gasteiger partial charge in [-0.15, -0.1) is 0 Å². The van der Waals surface area contributed by atoms with Gasteiger partial charge < -0.3 is 15.2 Å². The fourth-order valence-electron chi connectivity index (χ4n) is 4.72. The Hall–Kier alpha value is -2.62. The molecule has 2 N–H and O–H groups in total. The summed E-state index contributed by atoms with van der Waals surface area (Å²) in [5.74, 6) is 0.692. The Morgan fingerprint density at radius 3 is 2.03 bits per heavy atom. The van der Waals surface area contributed by atoms with Crippen molar-refractivity contribution in [3.8, 4) is 5.75 Å². The summed E-state index contributed by atoms with van der Waals surface area (Å²) in [5.41, 5.74) is 4.69. The highest BCUT2D eigenvalue weighted by Crippen LogP contribution is 2.50. The molecule has 3 nitrogen and oxygen atoms in total. The lowest BCUT2D eigenvalue weighted by atomic mass is 9.68. The molecule has 0 saturated carbocycles. The third kappa shape index (κ3) is 3.76. The zero-order chi connectivity index (χ0) is 21.3. The van der Waals surface area contributed by atoms with Crippen LogP contribution in [0.2, 0.25) is 0 Å². The number of hydrogen-bond acceptors (Lipinski definition) is 3. The predicted molar refractivity (Wildman–Crippen MR) is 122 cm³/mol. The van der Waals surface area contributed by atoms with Crippen molar-refractivity contribution in [2.75, 3.05) is 7.11 Å². The normalized spacial score (nSPS) is 26.4. The molecule has 156 valence electrons. The second-order valence-electron chi connectivity index (χ2n) is 8.64. The van der Waals surface area contributed by atoms with Gasteiger partial charge >= 0.3 is 0 Å². The maximum atomic E-state index is 12.2. The van der Waals surface area contributed by atoms with Gasteiger partial charge in [0.25, 0.3) is 0 Å². The van der Waals surface area contributed by atoms with E-state index in [1.807, 2.05) is 24.3 Å². The summed E-state index contributed by atoms with van der Waals surface area (Å²) in [6.07, 6.45) is 0.583. The molecule has 3 heteroatoms. The van der Waals surface area contributed by atoms with Crippen LogP contribution in [0.1, 0.15) is 53.2 Å². The van der Waals surface area contributed by atoms with Crippen molar-refractivity contribution in [3.05, 3.63) is 101 Å². The van der Waals surface area contributed by atoms with E-state index in [4.69, 9.17) is 4.74 Å². The molecule has 0 bridgehead atoms. The van der Waals surface area contributed by atoms with Gasteiger partial charge in [0, 0.05) is 30.0 Å². The Morgan fingerprint density at radius 1 is 0.867 bits per heavy atom. The first-order chi connectivity index (χ1) is 14.4. The summed E-state index contributed by atoms with van der Waals surface area (Å²) in [5, 5.41) is 16.0. The fraction of sp³-hybridized carbons (Fsp3) is 0.333. The first kappa shape index (κ1) is 20.6. The van der Waals surface area contributed by atoms with Crippen LogP contribution in [0.4, 0.5) is 0 Å². The quantitative estimate of drug-likeness (QED) is 0.597. The highest BCUT2D eigenvalue weighted by Gasteiger charge is 2.48. The summed E-state index contributed by atoms with van der Waals surface area (Å²) < 4.78 is 5.65. The molecule has 30 heavy (non-hydrogen) atoms. The molecule has 1 aliphatic rings. The SMILES string of the molecule is COc1ccccc1[C@]1(O)C[C@H](c2ccc(C)cc2)N[C@@H](c2ccc(C)cc2)[C@@H]1C. The van der Waals surface area contributed by atoms with E-state index in [1.165, 1.54) is 22.3 Å². The Bertz CT molecular complexity index is 996. The summed E-state index contributed by atoms with van der Waals surface area (Å²) in [6, 6.07) is 25.1. The lowest BCUT2D eigenvalue weighted by Crippen LogP contribution is -2.50. The van der Waals surface area contributed by atoms with Gasteiger partial charge in [0.2, 0.25) is 0 Å². The zero-order valence-electron chi connectivity index (χ0n) is 18.2. The summed E-state index contributed by atoms with van der Waals surface area (Å²) in [4.78, 5) is 0. The summed E-state index contributed by atoms with van der Waals surface area (Å²) in [7, 11) is 1.67. The van der Waals surface area contributed by atoms with Gasteiger partial charge in [-0.3, -0.25) is 0 Å². The number of para-hydroxylation sites is 1. The Kier molecular flexibility index (Phi) is 5.68. The van der Waals surface area contributed by atoms with E-state index in [1.54, 1.807) is 7.11 Å². The first-order valence-electron chi connectivity index (χ1n) is 10.7. The molecule has 4 rings (SSSR count). The molecule has 3 aromatic carbocycles. The smallest absolute Gasteiger partial charge is 0.124 e. The van der Waals surface area contributed by atoms with Crippen LogP contribution >= 0.6 is 0 Å². The highest BCUT2D eigenvalue weighted by atomic mass is 16.5. The molecule has 3 aromatic rings. The number of aryl methyl sites for hydroxylation is 2. The number of piperidine rings is 1. The van der Waals surface area contributed by atoms with Crippen molar-refractivity contribution in [3.63, 3.8) is 0 Å². The van der Waals surface area contributed by atoms with Crippen molar-refractivity contribution in [1.29, 1.82) is 0 Å². The zero-order valence-corrected chi connectivity index (χ0v) is 18.2. The largest absolute Gasteiger partial charge is 0.496 e. The molecule has 1 aliphatic heterocycles. The van der Waals surface area contributed by atoms with Crippen LogP contribution in [-0.4, -0.2) is 12.2 Å². The van der Waals surface area contributed by atoms with Crippen LogP contribution in [-0.2, 0) is 5.60 Å². The van der Waals surface area contributed by atoms with Crippen molar-refractivity contribution < 1.29 is 9.84 Å². The van der Waals surface area contributed by atoms with E-state index in [9.17, 15) is 5.11 Å². The van der Waals surface area contributed by atoms with Crippen LogP contribution in [0.15, 0.2) is 72.8 Å². The number of methoxy groups -OCH3 is 1. The molecule has 4 atom stereocenters. The van der Waals surface area contributed by atoms with E-state index < -0.39 is 5.60 Å². The lowest BCUT2D eigenvalue weighted by molar-refractivity contribution is -0.0755. The average Bonchev–Trinajstić information content (AvgIpc) is 2.77. The van der Waals surface area contributed by atoms with Gasteiger partial charge in [0.05, 0.1) is 12.7 Å². The standard InChI is InChI=1S/C27H31NO2/c1-18-9-13-21(14-10-18)24-17-27(29,23-7-5-6-8-25(23)30-4)20(3)26(28-24)22-15-11-19(2)12-16-22/h5-16,20,24,26,28-29H,17H2,1-4H3/t20-,24+,26+,27-/m0/s1. The predicted octanol–water partition coefficient (Wildman–Crippen LogP) is 5.61. The summed E-state index contributed by atoms with van der Waals surface area (Å²) in [6.45, 7) is 6.33. The maximum absolute atomic E-state index is 12.2. The van der Waals surface area contributed by atoms with E-state index in [2.05, 4.69) is 74.6 Å². The monoisotopic (exact) mass is 401 g/mol. The van der Waals surface area contributed by atoms with Crippen LogP contribution < -0.4 is 10.1 Å². The average molecular weight is 402 g/mol. The van der Waals surface area contributed by atoms with Crippen molar-refractivity contribution in [2.24, 2.45) is 5.92 Å². The van der Waals surface area contributed by atoms with Crippen molar-refractivity contribution in [1.82, 2.24) is 5.32 Å². The second-order valence-corrected chi connectivity index (χ2v) is 8.64. The highest BCUT2D eigenvalue weighted by molar-refractivity contribution is 5.41. The minimum absolute atomic E-state index is 0.0144. The third-order valence-corrected chi connectivity index (χ3v) is 6.64. The second kappa shape index (κ2) is 8.25. The molecule has 0 spiro atoms. The molecule has 0 aliphatic carbocycles. The minimum Gasteiger partial charge on any atom is -0.496 e. The molecular weight excluding hydrogens is 370 g/mol. The van der Waals surface area contributed by atoms with Crippen molar-refractivity contribution >= 4 is 0 Å². The number of rotatable bonds is 4. The third-order valence-electron chi connectivity index (χ3n) is 6.64. The van der Waals surface area contributed by atoms with Crippen molar-refractivity contribution in [2.45, 2.75) is 44.9 Å². The molecule has 0 aromatic heterocycles. The van der Waals surface area contributed by atoms with Gasteiger partial charge in [-0.25, -0.2) is 0 Å². The van der Waals surface area contributed by atoms with Gasteiger partial charge in [0.1, 0.15) is 5.75 Å². The van der Waals surface area contributed by atoms with E-state index >= 15 is 0 Å². The maximum Gasteiger partial charge on any atom is 0.124 e. The number of benzene rings is 3. The molecule has 0 amide bonds. The lowest BCUT2D eigenvalue weighted by Gasteiger charge is -2.48. The van der Waals surface area contributed by atoms with Gasteiger partial charge in [-0.1, -0.05) is 84.8 Å². The molecule has 0 radical (unpaired) electrons. The number of nitrogens with one attached hydrogen (secondary N) is 1. The minimum atomic E-state index is -1.02. The van der Waals surface area contributed by atoms with Crippen LogP contribution in [0.25, 0.3) is 0 Å². The molecule has 0 unspecified atom stereocenters.